The van der Waals surface area contributed by atoms with Crippen molar-refractivity contribution in [1.82, 2.24) is 15.6 Å². The van der Waals surface area contributed by atoms with Gasteiger partial charge in [0.1, 0.15) is 11.1 Å². The molecular formula is C17H29N3O3S. The van der Waals surface area contributed by atoms with Crippen LogP contribution in [0.4, 0.5) is 0 Å². The van der Waals surface area contributed by atoms with E-state index in [1.54, 1.807) is 18.4 Å². The molecule has 2 rings (SSSR count). The minimum absolute atomic E-state index is 0.0171. The Bertz CT molecular complexity index is 509. The van der Waals surface area contributed by atoms with Crippen LogP contribution in [0.1, 0.15) is 43.5 Å². The Labute approximate surface area is 148 Å². The molecule has 1 amide bonds. The zero-order valence-corrected chi connectivity index (χ0v) is 15.7. The van der Waals surface area contributed by atoms with Gasteiger partial charge in [0.15, 0.2) is 0 Å². The summed E-state index contributed by atoms with van der Waals surface area (Å²) < 4.78 is 10.9. The molecule has 7 heteroatoms. The molecule has 0 aromatic carbocycles. The fourth-order valence-electron chi connectivity index (χ4n) is 3.06. The normalized spacial score (nSPS) is 18.3. The van der Waals surface area contributed by atoms with Crippen LogP contribution in [0.3, 0.4) is 0 Å². The maximum atomic E-state index is 12.3. The standard InChI is InChI=1S/C17H29N3O3S/c1-4-23-13(2)16-20-14(10-24-16)9-15(21)19-11-17(12-22-3)5-7-18-8-6-17/h10,13,18H,4-9,11-12H2,1-3H3,(H,19,21). The highest BCUT2D eigenvalue weighted by atomic mass is 32.1. The number of nitrogens with zero attached hydrogens (tertiary/aromatic N) is 1. The van der Waals surface area contributed by atoms with E-state index < -0.39 is 0 Å². The molecule has 6 nitrogen and oxygen atoms in total. The van der Waals surface area contributed by atoms with Crippen LogP contribution in [0.15, 0.2) is 5.38 Å². The number of aromatic nitrogens is 1. The Kier molecular flexibility index (Phi) is 7.61. The molecule has 0 aliphatic carbocycles. The zero-order valence-electron chi connectivity index (χ0n) is 14.9. The monoisotopic (exact) mass is 355 g/mol. The average Bonchev–Trinajstić information content (AvgIpc) is 3.03. The molecule has 1 aliphatic rings. The van der Waals surface area contributed by atoms with Gasteiger partial charge in [-0.3, -0.25) is 4.79 Å². The van der Waals surface area contributed by atoms with Crippen molar-refractivity contribution in [3.63, 3.8) is 0 Å². The Morgan fingerprint density at radius 3 is 2.92 bits per heavy atom. The van der Waals surface area contributed by atoms with Gasteiger partial charge in [0.2, 0.25) is 5.91 Å². The summed E-state index contributed by atoms with van der Waals surface area (Å²) in [6.07, 6.45) is 2.34. The van der Waals surface area contributed by atoms with Gasteiger partial charge >= 0.3 is 0 Å². The largest absolute Gasteiger partial charge is 0.384 e. The zero-order chi connectivity index (χ0) is 17.4. The number of methoxy groups -OCH3 is 1. The molecule has 1 fully saturated rings. The summed E-state index contributed by atoms with van der Waals surface area (Å²) in [6, 6.07) is 0. The predicted molar refractivity (Wildman–Crippen MR) is 95.3 cm³/mol. The molecule has 1 aromatic heterocycles. The van der Waals surface area contributed by atoms with Crippen molar-refractivity contribution in [2.45, 2.75) is 39.2 Å². The first-order valence-corrected chi connectivity index (χ1v) is 9.49. The molecule has 1 saturated heterocycles. The minimum atomic E-state index is -0.0171. The van der Waals surface area contributed by atoms with Crippen molar-refractivity contribution < 1.29 is 14.3 Å². The summed E-state index contributed by atoms with van der Waals surface area (Å²) in [6.45, 7) is 7.91. The Hall–Kier alpha value is -1.02. The van der Waals surface area contributed by atoms with Crippen LogP contribution < -0.4 is 10.6 Å². The average molecular weight is 356 g/mol. The van der Waals surface area contributed by atoms with Gasteiger partial charge in [-0.1, -0.05) is 0 Å². The number of thiazole rings is 1. The van der Waals surface area contributed by atoms with Crippen molar-refractivity contribution >= 4 is 17.2 Å². The van der Waals surface area contributed by atoms with Crippen molar-refractivity contribution in [2.24, 2.45) is 5.41 Å². The lowest BCUT2D eigenvalue weighted by Crippen LogP contribution is -2.47. The number of rotatable bonds is 9. The van der Waals surface area contributed by atoms with Crippen molar-refractivity contribution in [3.8, 4) is 0 Å². The van der Waals surface area contributed by atoms with Gasteiger partial charge in [-0.2, -0.15) is 0 Å². The van der Waals surface area contributed by atoms with Gasteiger partial charge in [0.05, 0.1) is 18.7 Å². The number of hydrogen-bond donors (Lipinski definition) is 2. The number of nitrogens with one attached hydrogen (secondary N) is 2. The molecule has 136 valence electrons. The summed E-state index contributed by atoms with van der Waals surface area (Å²) in [7, 11) is 1.72. The second-order valence-corrected chi connectivity index (χ2v) is 7.30. The van der Waals surface area contributed by atoms with E-state index in [-0.39, 0.29) is 17.4 Å². The molecule has 1 unspecified atom stereocenters. The van der Waals surface area contributed by atoms with Crippen LogP contribution in [-0.2, 0) is 20.7 Å². The molecule has 0 radical (unpaired) electrons. The topological polar surface area (TPSA) is 72.5 Å². The van der Waals surface area contributed by atoms with Gasteiger partial charge in [-0.05, 0) is 39.8 Å². The summed E-state index contributed by atoms with van der Waals surface area (Å²) in [5.74, 6) is 0.0184. The van der Waals surface area contributed by atoms with Crippen LogP contribution in [0.25, 0.3) is 0 Å². The molecule has 0 saturated carbocycles. The molecule has 1 aromatic rings. The van der Waals surface area contributed by atoms with Crippen LogP contribution in [0.2, 0.25) is 0 Å². The SMILES string of the molecule is CCOC(C)c1nc(CC(=O)NCC2(COC)CCNCC2)cs1. The van der Waals surface area contributed by atoms with E-state index in [2.05, 4.69) is 15.6 Å². The van der Waals surface area contributed by atoms with Gasteiger partial charge in [-0.15, -0.1) is 11.3 Å². The molecule has 2 heterocycles. The first-order valence-electron chi connectivity index (χ1n) is 8.61. The highest BCUT2D eigenvalue weighted by molar-refractivity contribution is 7.09. The maximum absolute atomic E-state index is 12.3. The third-order valence-corrected chi connectivity index (χ3v) is 5.51. The smallest absolute Gasteiger partial charge is 0.226 e. The van der Waals surface area contributed by atoms with Gasteiger partial charge < -0.3 is 20.1 Å². The van der Waals surface area contributed by atoms with E-state index in [1.165, 1.54) is 0 Å². The van der Waals surface area contributed by atoms with E-state index in [9.17, 15) is 4.79 Å². The lowest BCUT2D eigenvalue weighted by atomic mass is 9.79. The summed E-state index contributed by atoms with van der Waals surface area (Å²) in [4.78, 5) is 16.8. The Morgan fingerprint density at radius 1 is 1.50 bits per heavy atom. The second kappa shape index (κ2) is 9.46. The lowest BCUT2D eigenvalue weighted by Gasteiger charge is -2.37. The summed E-state index contributed by atoms with van der Waals surface area (Å²) >= 11 is 1.55. The number of ether oxygens (including phenoxy) is 2. The van der Waals surface area contributed by atoms with Gasteiger partial charge in [-0.25, -0.2) is 4.98 Å². The highest BCUT2D eigenvalue weighted by Crippen LogP contribution is 2.28. The second-order valence-electron chi connectivity index (χ2n) is 6.41. The third kappa shape index (κ3) is 5.51. The highest BCUT2D eigenvalue weighted by Gasteiger charge is 2.32. The fraction of sp³-hybridized carbons (Fsp3) is 0.765. The van der Waals surface area contributed by atoms with E-state index in [1.807, 2.05) is 19.2 Å². The Morgan fingerprint density at radius 2 is 2.25 bits per heavy atom. The molecule has 1 atom stereocenters. The number of carbonyl (C=O) groups is 1. The van der Waals surface area contributed by atoms with Crippen LogP contribution in [0.5, 0.6) is 0 Å². The molecule has 0 spiro atoms. The van der Waals surface area contributed by atoms with Crippen molar-refractivity contribution in [2.75, 3.05) is 40.0 Å². The van der Waals surface area contributed by atoms with E-state index in [4.69, 9.17) is 9.47 Å². The Balaban J connectivity index is 1.84. The van der Waals surface area contributed by atoms with Gasteiger partial charge in [0, 0.05) is 31.1 Å². The number of carbonyl (C=O) groups excluding carboxylic acids is 1. The first-order chi connectivity index (χ1) is 11.6. The van der Waals surface area contributed by atoms with E-state index >= 15 is 0 Å². The fourth-order valence-corrected chi connectivity index (χ4v) is 3.88. The van der Waals surface area contributed by atoms with Crippen LogP contribution >= 0.6 is 11.3 Å². The maximum Gasteiger partial charge on any atom is 0.226 e. The number of piperidine rings is 1. The van der Waals surface area contributed by atoms with Crippen molar-refractivity contribution in [1.29, 1.82) is 0 Å². The first kappa shape index (κ1) is 19.3. The quantitative estimate of drug-likeness (QED) is 0.708. The van der Waals surface area contributed by atoms with E-state index in [0.29, 0.717) is 26.2 Å². The molecular weight excluding hydrogens is 326 g/mol. The molecule has 24 heavy (non-hydrogen) atoms. The summed E-state index contributed by atoms with van der Waals surface area (Å²) in [5, 5.41) is 9.31. The van der Waals surface area contributed by atoms with E-state index in [0.717, 1.165) is 36.6 Å². The summed E-state index contributed by atoms with van der Waals surface area (Å²) in [5.41, 5.74) is 0.858. The third-order valence-electron chi connectivity index (χ3n) is 4.45. The number of amides is 1. The number of hydrogen-bond acceptors (Lipinski definition) is 6. The van der Waals surface area contributed by atoms with Gasteiger partial charge in [0.25, 0.3) is 0 Å². The molecule has 1 aliphatic heterocycles. The van der Waals surface area contributed by atoms with Crippen LogP contribution in [-0.4, -0.2) is 50.8 Å². The predicted octanol–water partition coefficient (Wildman–Crippen LogP) is 1.92. The van der Waals surface area contributed by atoms with Crippen LogP contribution in [0, 0.1) is 5.41 Å². The lowest BCUT2D eigenvalue weighted by molar-refractivity contribution is -0.121. The van der Waals surface area contributed by atoms with Crippen molar-refractivity contribution in [3.05, 3.63) is 16.1 Å². The minimum Gasteiger partial charge on any atom is -0.384 e. The molecule has 2 N–H and O–H groups in total. The molecule has 0 bridgehead atoms.